The number of hydrazone groups is 1. The van der Waals surface area contributed by atoms with Crippen LogP contribution in [0.25, 0.3) is 0 Å². The van der Waals surface area contributed by atoms with Gasteiger partial charge in [-0.05, 0) is 42.4 Å². The number of carbonyl (C=O) groups excluding carboxylic acids is 2. The molecular formula is C20H19ClN2O6. The molecule has 0 aromatic heterocycles. The van der Waals surface area contributed by atoms with Crippen molar-refractivity contribution in [1.29, 1.82) is 0 Å². The van der Waals surface area contributed by atoms with Crippen LogP contribution in [0.1, 0.15) is 18.4 Å². The zero-order valence-corrected chi connectivity index (χ0v) is 16.3. The van der Waals surface area contributed by atoms with E-state index in [-0.39, 0.29) is 52.0 Å². The van der Waals surface area contributed by atoms with Gasteiger partial charge < -0.3 is 14.6 Å². The van der Waals surface area contributed by atoms with Gasteiger partial charge in [0.1, 0.15) is 0 Å². The average Bonchev–Trinajstić information content (AvgIpc) is 2.98. The topological polar surface area (TPSA) is 106 Å². The second kappa shape index (κ2) is 7.51. The van der Waals surface area contributed by atoms with E-state index in [0.717, 1.165) is 17.9 Å². The van der Waals surface area contributed by atoms with E-state index in [4.69, 9.17) is 26.2 Å². The van der Waals surface area contributed by atoms with Gasteiger partial charge in [0.2, 0.25) is 0 Å². The van der Waals surface area contributed by atoms with E-state index in [0.29, 0.717) is 5.56 Å². The summed E-state index contributed by atoms with van der Waals surface area (Å²) in [5, 5.41) is 14.0. The van der Waals surface area contributed by atoms with Gasteiger partial charge in [-0.3, -0.25) is 9.59 Å². The molecule has 2 bridgehead atoms. The van der Waals surface area contributed by atoms with Gasteiger partial charge in [0.05, 0.1) is 30.2 Å². The van der Waals surface area contributed by atoms with Crippen LogP contribution in [0.3, 0.4) is 0 Å². The number of benzene rings is 1. The molecule has 3 aliphatic carbocycles. The molecule has 1 aromatic rings. The third-order valence-corrected chi connectivity index (χ3v) is 5.93. The van der Waals surface area contributed by atoms with Crippen LogP contribution in [0, 0.1) is 23.7 Å². The van der Waals surface area contributed by atoms with E-state index in [1.165, 1.54) is 25.5 Å². The van der Waals surface area contributed by atoms with E-state index in [1.54, 1.807) is 0 Å². The van der Waals surface area contributed by atoms with Crippen molar-refractivity contribution in [3.05, 3.63) is 34.9 Å². The van der Waals surface area contributed by atoms with Gasteiger partial charge in [0.25, 0.3) is 11.8 Å². The summed E-state index contributed by atoms with van der Waals surface area (Å²) in [4.78, 5) is 36.3. The van der Waals surface area contributed by atoms with Crippen LogP contribution < -0.4 is 9.47 Å². The molecule has 2 fully saturated rings. The molecule has 0 spiro atoms. The number of nitrogens with zero attached hydrogens (tertiary/aromatic N) is 2. The lowest BCUT2D eigenvalue weighted by atomic mass is 9.63. The number of rotatable bonds is 6. The molecule has 1 saturated carbocycles. The second-order valence-electron chi connectivity index (χ2n) is 7.29. The fourth-order valence-corrected chi connectivity index (χ4v) is 4.66. The molecule has 152 valence electrons. The predicted molar refractivity (Wildman–Crippen MR) is 103 cm³/mol. The van der Waals surface area contributed by atoms with Crippen LogP contribution >= 0.6 is 11.6 Å². The molecule has 1 saturated heterocycles. The number of methoxy groups -OCH3 is 1. The molecule has 9 heteroatoms. The van der Waals surface area contributed by atoms with Gasteiger partial charge in [-0.25, -0.2) is 4.79 Å². The van der Waals surface area contributed by atoms with Crippen molar-refractivity contribution < 1.29 is 29.0 Å². The summed E-state index contributed by atoms with van der Waals surface area (Å²) >= 11 is 6.18. The van der Waals surface area contributed by atoms with Crippen LogP contribution in [-0.4, -0.2) is 47.8 Å². The number of carbonyl (C=O) groups is 3. The molecule has 2 amide bonds. The first kappa shape index (κ1) is 19.4. The quantitative estimate of drug-likeness (QED) is 0.432. The lowest BCUT2D eigenvalue weighted by Gasteiger charge is -2.37. The number of carboxylic acids is 1. The first-order valence-corrected chi connectivity index (χ1v) is 9.60. The number of imide groups is 1. The van der Waals surface area contributed by atoms with E-state index in [1.807, 2.05) is 12.2 Å². The fourth-order valence-electron chi connectivity index (χ4n) is 4.38. The molecule has 4 atom stereocenters. The van der Waals surface area contributed by atoms with Crippen molar-refractivity contribution in [3.8, 4) is 11.5 Å². The number of carboxylic acid groups (broad SMARTS) is 1. The van der Waals surface area contributed by atoms with E-state index in [2.05, 4.69) is 5.10 Å². The summed E-state index contributed by atoms with van der Waals surface area (Å²) < 4.78 is 10.4. The molecule has 1 aromatic carbocycles. The standard InChI is InChI=1S/C20H19ClN2O6/c1-28-14-7-10(6-13(21)18(14)29-9-15(24)25)8-22-23-19(26)16-11-2-3-12(5-4-11)17(16)20(23)27/h2-3,6-8,11-12,16-17H,4-5,9H2,1H3,(H,24,25). The molecule has 4 unspecified atom stereocenters. The Hall–Kier alpha value is -2.87. The zero-order chi connectivity index (χ0) is 20.7. The van der Waals surface area contributed by atoms with Crippen molar-refractivity contribution in [2.75, 3.05) is 13.7 Å². The van der Waals surface area contributed by atoms with Gasteiger partial charge in [0.15, 0.2) is 18.1 Å². The van der Waals surface area contributed by atoms with Crippen LogP contribution in [0.2, 0.25) is 5.02 Å². The first-order valence-electron chi connectivity index (χ1n) is 9.23. The van der Waals surface area contributed by atoms with Crippen LogP contribution in [0.15, 0.2) is 29.4 Å². The number of allylic oxidation sites excluding steroid dienone is 2. The Morgan fingerprint density at radius 2 is 1.86 bits per heavy atom. The number of aliphatic carboxylic acids is 1. The number of halogens is 1. The van der Waals surface area contributed by atoms with Gasteiger partial charge in [0, 0.05) is 0 Å². The average molecular weight is 419 g/mol. The van der Waals surface area contributed by atoms with Crippen molar-refractivity contribution in [3.63, 3.8) is 0 Å². The predicted octanol–water partition coefficient (Wildman–Crippen LogP) is 2.34. The maximum atomic E-state index is 12.8. The molecule has 1 heterocycles. The molecular weight excluding hydrogens is 400 g/mol. The van der Waals surface area contributed by atoms with E-state index in [9.17, 15) is 14.4 Å². The van der Waals surface area contributed by atoms with Crippen LogP contribution in [0.5, 0.6) is 11.5 Å². The monoisotopic (exact) mass is 418 g/mol. The highest BCUT2D eigenvalue weighted by Gasteiger charge is 2.56. The largest absolute Gasteiger partial charge is 0.493 e. The minimum Gasteiger partial charge on any atom is -0.493 e. The van der Waals surface area contributed by atoms with Gasteiger partial charge in [-0.1, -0.05) is 23.8 Å². The summed E-state index contributed by atoms with van der Waals surface area (Å²) in [5.41, 5.74) is 0.478. The van der Waals surface area contributed by atoms with Crippen LogP contribution in [0.4, 0.5) is 0 Å². The highest BCUT2D eigenvalue weighted by Crippen LogP contribution is 2.49. The Morgan fingerprint density at radius 3 is 2.38 bits per heavy atom. The minimum absolute atomic E-state index is 0.0933. The smallest absolute Gasteiger partial charge is 0.341 e. The Morgan fingerprint density at radius 1 is 1.24 bits per heavy atom. The number of ether oxygens (including phenoxy) is 2. The van der Waals surface area contributed by atoms with Gasteiger partial charge in [-0.2, -0.15) is 10.1 Å². The lowest BCUT2D eigenvalue weighted by molar-refractivity contribution is -0.141. The number of amides is 2. The summed E-state index contributed by atoms with van der Waals surface area (Å²) in [6, 6.07) is 3.03. The molecule has 0 radical (unpaired) electrons. The van der Waals surface area contributed by atoms with Gasteiger partial charge >= 0.3 is 5.97 Å². The maximum absolute atomic E-state index is 12.8. The zero-order valence-electron chi connectivity index (χ0n) is 15.6. The summed E-state index contributed by atoms with van der Waals surface area (Å²) in [5.74, 6) is -1.83. The van der Waals surface area contributed by atoms with Crippen molar-refractivity contribution >= 4 is 35.6 Å². The van der Waals surface area contributed by atoms with Crippen molar-refractivity contribution in [2.24, 2.45) is 28.8 Å². The van der Waals surface area contributed by atoms with Crippen LogP contribution in [-0.2, 0) is 14.4 Å². The SMILES string of the molecule is COc1cc(C=NN2C(=O)C3C4C=CC(CC4)C3C2=O)cc(Cl)c1OCC(=O)O. The lowest BCUT2D eigenvalue weighted by Crippen LogP contribution is -2.38. The van der Waals surface area contributed by atoms with Crippen molar-refractivity contribution in [2.45, 2.75) is 12.8 Å². The summed E-state index contributed by atoms with van der Waals surface area (Å²) in [7, 11) is 1.39. The Bertz CT molecular complexity index is 911. The summed E-state index contributed by atoms with van der Waals surface area (Å²) in [6.07, 6.45) is 7.30. The number of hydrogen-bond donors (Lipinski definition) is 1. The second-order valence-corrected chi connectivity index (χ2v) is 7.70. The van der Waals surface area contributed by atoms with Gasteiger partial charge in [-0.15, -0.1) is 0 Å². The normalized spacial score (nSPS) is 27.6. The molecule has 5 rings (SSSR count). The third-order valence-electron chi connectivity index (χ3n) is 5.65. The first-order chi connectivity index (χ1) is 13.9. The highest BCUT2D eigenvalue weighted by molar-refractivity contribution is 6.32. The molecule has 4 aliphatic rings. The van der Waals surface area contributed by atoms with E-state index >= 15 is 0 Å². The maximum Gasteiger partial charge on any atom is 0.341 e. The molecule has 1 aliphatic heterocycles. The highest BCUT2D eigenvalue weighted by atomic mass is 35.5. The molecule has 8 nitrogen and oxygen atoms in total. The van der Waals surface area contributed by atoms with E-state index < -0.39 is 12.6 Å². The molecule has 1 N–H and O–H groups in total. The summed E-state index contributed by atoms with van der Waals surface area (Å²) in [6.45, 7) is -0.570. The third kappa shape index (κ3) is 3.37. The minimum atomic E-state index is -1.15. The van der Waals surface area contributed by atoms with Crippen molar-refractivity contribution in [1.82, 2.24) is 5.01 Å². The Labute approximate surface area is 171 Å². The Balaban J connectivity index is 1.56. The fraction of sp³-hybridized carbons (Fsp3) is 0.400. The Kier molecular flexibility index (Phi) is 5.04. The molecule has 29 heavy (non-hydrogen) atoms. The number of fused-ring (bicyclic) bond motifs is 1. The number of hydrogen-bond acceptors (Lipinski definition) is 6.